The van der Waals surface area contributed by atoms with Crippen LogP contribution in [0, 0.1) is 17.8 Å². The van der Waals surface area contributed by atoms with Crippen LogP contribution in [0.25, 0.3) is 0 Å². The zero-order valence-electron chi connectivity index (χ0n) is 9.37. The molecule has 3 aliphatic rings. The van der Waals surface area contributed by atoms with E-state index < -0.39 is 0 Å². The van der Waals surface area contributed by atoms with E-state index in [1.54, 1.807) is 0 Å². The minimum atomic E-state index is 0.781. The molecule has 3 fully saturated rings. The number of fused-ring (bicyclic) bond motifs is 1. The molecule has 0 aromatic carbocycles. The molecule has 2 aliphatic heterocycles. The lowest BCUT2D eigenvalue weighted by molar-refractivity contribution is 0.184. The summed E-state index contributed by atoms with van der Waals surface area (Å²) in [5.41, 5.74) is 0. The molecule has 0 aromatic rings. The molecule has 2 heterocycles. The third-order valence-corrected chi connectivity index (χ3v) is 4.37. The van der Waals surface area contributed by atoms with Crippen LogP contribution in [0.2, 0.25) is 0 Å². The summed E-state index contributed by atoms with van der Waals surface area (Å²) in [6.07, 6.45) is 4.05. The van der Waals surface area contributed by atoms with Crippen LogP contribution in [0.5, 0.6) is 0 Å². The van der Waals surface area contributed by atoms with Crippen molar-refractivity contribution < 1.29 is 4.74 Å². The van der Waals surface area contributed by atoms with Gasteiger partial charge in [-0.3, -0.25) is 0 Å². The molecule has 2 unspecified atom stereocenters. The Bertz CT molecular complexity index is 204. The fraction of sp³-hybridized carbons (Fsp3) is 1.00. The van der Waals surface area contributed by atoms with Crippen molar-refractivity contribution in [3.05, 3.63) is 0 Å². The monoisotopic (exact) mass is 210 g/mol. The fourth-order valence-electron chi connectivity index (χ4n) is 3.41. The maximum atomic E-state index is 5.40. The van der Waals surface area contributed by atoms with Gasteiger partial charge in [0.15, 0.2) is 0 Å². The topological polar surface area (TPSA) is 33.3 Å². The summed E-state index contributed by atoms with van der Waals surface area (Å²) in [5.74, 6) is 2.70. The standard InChI is InChI=1S/C12H22N2O/c1-2-15-8-9(1)5-14-12-3-10-6-13-7-11(10)4-12/h9-14H,1-8H2/t9?,10-,11+,12?. The Morgan fingerprint density at radius 2 is 2.00 bits per heavy atom. The van der Waals surface area contributed by atoms with Crippen LogP contribution in [-0.4, -0.2) is 38.9 Å². The first-order chi connectivity index (χ1) is 7.42. The van der Waals surface area contributed by atoms with Gasteiger partial charge in [0.2, 0.25) is 0 Å². The molecule has 3 rings (SSSR count). The first-order valence-electron chi connectivity index (χ1n) is 6.43. The minimum Gasteiger partial charge on any atom is -0.381 e. The second-order valence-electron chi connectivity index (χ2n) is 5.48. The highest BCUT2D eigenvalue weighted by molar-refractivity contribution is 4.93. The molecule has 0 aromatic heterocycles. The minimum absolute atomic E-state index is 0.781. The molecule has 2 N–H and O–H groups in total. The molecular formula is C12H22N2O. The highest BCUT2D eigenvalue weighted by atomic mass is 16.5. The zero-order valence-corrected chi connectivity index (χ0v) is 9.37. The largest absolute Gasteiger partial charge is 0.381 e. The Morgan fingerprint density at radius 1 is 1.20 bits per heavy atom. The smallest absolute Gasteiger partial charge is 0.0507 e. The summed E-state index contributed by atoms with van der Waals surface area (Å²) in [6.45, 7) is 5.66. The molecule has 0 spiro atoms. The molecule has 4 atom stereocenters. The van der Waals surface area contributed by atoms with Gasteiger partial charge in [-0.25, -0.2) is 0 Å². The molecule has 0 amide bonds. The van der Waals surface area contributed by atoms with E-state index in [0.717, 1.165) is 37.0 Å². The lowest BCUT2D eigenvalue weighted by Gasteiger charge is -2.16. The van der Waals surface area contributed by atoms with E-state index in [-0.39, 0.29) is 0 Å². The van der Waals surface area contributed by atoms with Gasteiger partial charge in [-0.1, -0.05) is 0 Å². The van der Waals surface area contributed by atoms with Gasteiger partial charge in [-0.15, -0.1) is 0 Å². The normalized spacial score (nSPS) is 44.8. The lowest BCUT2D eigenvalue weighted by Crippen LogP contribution is -2.33. The fourth-order valence-corrected chi connectivity index (χ4v) is 3.41. The molecule has 15 heavy (non-hydrogen) atoms. The Balaban J connectivity index is 1.41. The van der Waals surface area contributed by atoms with Gasteiger partial charge in [0.1, 0.15) is 0 Å². The average molecular weight is 210 g/mol. The van der Waals surface area contributed by atoms with E-state index in [0.29, 0.717) is 0 Å². The third-order valence-electron chi connectivity index (χ3n) is 4.37. The predicted octanol–water partition coefficient (Wildman–Crippen LogP) is 0.610. The van der Waals surface area contributed by atoms with Crippen LogP contribution in [-0.2, 0) is 4.74 Å². The van der Waals surface area contributed by atoms with Gasteiger partial charge < -0.3 is 15.4 Å². The van der Waals surface area contributed by atoms with Crippen LogP contribution in [0.3, 0.4) is 0 Å². The van der Waals surface area contributed by atoms with Crippen LogP contribution < -0.4 is 10.6 Å². The number of hydrogen-bond donors (Lipinski definition) is 2. The summed E-state index contributed by atoms with van der Waals surface area (Å²) in [7, 11) is 0. The Morgan fingerprint density at radius 3 is 2.67 bits per heavy atom. The van der Waals surface area contributed by atoms with E-state index in [9.17, 15) is 0 Å². The molecule has 86 valence electrons. The van der Waals surface area contributed by atoms with Crippen LogP contribution in [0.1, 0.15) is 19.3 Å². The van der Waals surface area contributed by atoms with Gasteiger partial charge in [0.25, 0.3) is 0 Å². The van der Waals surface area contributed by atoms with Gasteiger partial charge >= 0.3 is 0 Å². The summed E-state index contributed by atoms with van der Waals surface area (Å²) in [4.78, 5) is 0. The average Bonchev–Trinajstić information content (AvgIpc) is 2.91. The van der Waals surface area contributed by atoms with Crippen molar-refractivity contribution in [1.82, 2.24) is 10.6 Å². The SMILES string of the molecule is C1CC(CNC2C[C@H]3CNC[C@H]3C2)CO1. The summed E-state index contributed by atoms with van der Waals surface area (Å²) >= 11 is 0. The number of ether oxygens (including phenoxy) is 1. The Hall–Kier alpha value is -0.120. The zero-order chi connectivity index (χ0) is 10.1. The first kappa shape index (κ1) is 10.1. The molecule has 1 aliphatic carbocycles. The number of rotatable bonds is 3. The van der Waals surface area contributed by atoms with Gasteiger partial charge in [0, 0.05) is 19.2 Å². The van der Waals surface area contributed by atoms with Crippen molar-refractivity contribution in [3.8, 4) is 0 Å². The Labute approximate surface area is 91.9 Å². The Kier molecular flexibility index (Phi) is 2.95. The van der Waals surface area contributed by atoms with Crippen LogP contribution in [0.15, 0.2) is 0 Å². The summed E-state index contributed by atoms with van der Waals surface area (Å²) in [6, 6.07) is 0.794. The van der Waals surface area contributed by atoms with Gasteiger partial charge in [-0.05, 0) is 50.1 Å². The van der Waals surface area contributed by atoms with Crippen molar-refractivity contribution in [2.45, 2.75) is 25.3 Å². The number of hydrogen-bond acceptors (Lipinski definition) is 3. The van der Waals surface area contributed by atoms with Crippen molar-refractivity contribution in [2.75, 3.05) is 32.8 Å². The predicted molar refractivity (Wildman–Crippen MR) is 59.8 cm³/mol. The molecular weight excluding hydrogens is 188 g/mol. The van der Waals surface area contributed by atoms with Crippen molar-refractivity contribution in [1.29, 1.82) is 0 Å². The van der Waals surface area contributed by atoms with Gasteiger partial charge in [-0.2, -0.15) is 0 Å². The highest BCUT2D eigenvalue weighted by Crippen LogP contribution is 2.34. The van der Waals surface area contributed by atoms with E-state index in [1.165, 1.54) is 38.9 Å². The molecule has 0 radical (unpaired) electrons. The molecule has 3 nitrogen and oxygen atoms in total. The molecule has 0 bridgehead atoms. The van der Waals surface area contributed by atoms with E-state index >= 15 is 0 Å². The lowest BCUT2D eigenvalue weighted by atomic mass is 10.0. The van der Waals surface area contributed by atoms with E-state index in [2.05, 4.69) is 10.6 Å². The molecule has 2 saturated heterocycles. The van der Waals surface area contributed by atoms with E-state index in [1.807, 2.05) is 0 Å². The van der Waals surface area contributed by atoms with Gasteiger partial charge in [0.05, 0.1) is 6.61 Å². The van der Waals surface area contributed by atoms with Crippen LogP contribution >= 0.6 is 0 Å². The van der Waals surface area contributed by atoms with Crippen LogP contribution in [0.4, 0.5) is 0 Å². The first-order valence-corrected chi connectivity index (χ1v) is 6.43. The van der Waals surface area contributed by atoms with Crippen molar-refractivity contribution in [2.24, 2.45) is 17.8 Å². The maximum absolute atomic E-state index is 5.40. The second-order valence-corrected chi connectivity index (χ2v) is 5.48. The third kappa shape index (κ3) is 2.19. The maximum Gasteiger partial charge on any atom is 0.0507 e. The van der Waals surface area contributed by atoms with Crippen molar-refractivity contribution >= 4 is 0 Å². The van der Waals surface area contributed by atoms with E-state index in [4.69, 9.17) is 4.74 Å². The summed E-state index contributed by atoms with van der Waals surface area (Å²) < 4.78 is 5.40. The second kappa shape index (κ2) is 4.40. The quantitative estimate of drug-likeness (QED) is 0.716. The molecule has 1 saturated carbocycles. The summed E-state index contributed by atoms with van der Waals surface area (Å²) in [5, 5.41) is 7.24. The van der Waals surface area contributed by atoms with Crippen molar-refractivity contribution in [3.63, 3.8) is 0 Å². The number of nitrogens with one attached hydrogen (secondary N) is 2. The highest BCUT2D eigenvalue weighted by Gasteiger charge is 2.37. The molecule has 3 heteroatoms.